The number of aromatic nitrogens is 2. The minimum absolute atomic E-state index is 0.623. The van der Waals surface area contributed by atoms with Crippen LogP contribution in [-0.2, 0) is 13.5 Å². The number of para-hydroxylation sites is 1. The summed E-state index contributed by atoms with van der Waals surface area (Å²) in [5.74, 6) is 0.731. The third-order valence-electron chi connectivity index (χ3n) is 4.08. The number of oxazole rings is 1. The fourth-order valence-electron chi connectivity index (χ4n) is 3.17. The van der Waals surface area contributed by atoms with Crippen molar-refractivity contribution in [3.63, 3.8) is 0 Å². The Bertz CT molecular complexity index is 1090. The molecule has 96 valence electrons. The molecule has 3 heteroatoms. The fraction of sp³-hybridized carbons (Fsp3) is 0.118. The van der Waals surface area contributed by atoms with E-state index in [4.69, 9.17) is 8.53 Å². The summed E-state index contributed by atoms with van der Waals surface area (Å²) in [7, 11) is 0. The number of aryl methyl sites for hydroxylation is 1. The molecule has 1 aliphatic heterocycles. The minimum Gasteiger partial charge on any atom is -0.413 e. The van der Waals surface area contributed by atoms with Crippen molar-refractivity contribution >= 4 is 22.1 Å². The van der Waals surface area contributed by atoms with E-state index in [2.05, 4.69) is 0 Å². The molecule has 0 fully saturated rings. The third kappa shape index (κ3) is 1.05. The van der Waals surface area contributed by atoms with Crippen LogP contribution in [0.5, 0.6) is 0 Å². The average molecular weight is 264 g/mol. The Labute approximate surface area is 119 Å². The Kier molecular flexibility index (Phi) is 1.31. The maximum absolute atomic E-state index is 7.96. The summed E-state index contributed by atoms with van der Waals surface area (Å²) in [5, 5.41) is 0.831. The predicted molar refractivity (Wildman–Crippen MR) is 77.4 cm³/mol. The molecule has 0 saturated carbocycles. The van der Waals surface area contributed by atoms with Crippen molar-refractivity contribution in [3.8, 4) is 11.5 Å². The van der Waals surface area contributed by atoms with Crippen LogP contribution in [0.25, 0.3) is 33.6 Å². The van der Waals surface area contributed by atoms with E-state index in [0.717, 1.165) is 22.4 Å². The Hall–Kier alpha value is -2.55. The van der Waals surface area contributed by atoms with Gasteiger partial charge < -0.3 is 4.42 Å². The highest BCUT2D eigenvalue weighted by molar-refractivity contribution is 6.02. The van der Waals surface area contributed by atoms with Crippen LogP contribution in [0.15, 0.2) is 52.9 Å². The molecular weight excluding hydrogens is 248 g/mol. The molecule has 4 aromatic rings. The van der Waals surface area contributed by atoms with Crippen LogP contribution in [-0.4, -0.2) is 4.57 Å². The van der Waals surface area contributed by atoms with E-state index < -0.39 is 6.98 Å². The second kappa shape index (κ2) is 3.31. The quantitative estimate of drug-likeness (QED) is 0.394. The Balaban J connectivity index is 1.97. The molecule has 3 heterocycles. The summed E-state index contributed by atoms with van der Waals surface area (Å²) in [6.07, 6.45) is 0. The van der Waals surface area contributed by atoms with E-state index in [-0.39, 0.29) is 0 Å². The third-order valence-corrected chi connectivity index (χ3v) is 4.08. The maximum atomic E-state index is 7.96. The smallest absolute Gasteiger partial charge is 0.329 e. The van der Waals surface area contributed by atoms with Crippen LogP contribution in [0.2, 0.25) is 0 Å². The number of nitrogens with zero attached hydrogens (tertiary/aromatic N) is 2. The molecule has 5 rings (SSSR count). The molecular formula is C17H13N2O+. The van der Waals surface area contributed by atoms with Crippen molar-refractivity contribution in [1.29, 1.82) is 0 Å². The lowest BCUT2D eigenvalue weighted by molar-refractivity contribution is -0.652. The molecule has 0 amide bonds. The monoisotopic (exact) mass is 264 g/mol. The van der Waals surface area contributed by atoms with Gasteiger partial charge in [0.15, 0.2) is 0 Å². The SMILES string of the molecule is [2H]C([2H])([2H])n1c2ccccc2c2oc3[n+](c21)Cc1ccccc1-3. The molecule has 0 bridgehead atoms. The first-order valence-corrected chi connectivity index (χ1v) is 6.60. The molecule has 0 spiro atoms. The second-order valence-electron chi connectivity index (χ2n) is 5.16. The normalized spacial score (nSPS) is 15.9. The Morgan fingerprint density at radius 1 is 1.15 bits per heavy atom. The van der Waals surface area contributed by atoms with Gasteiger partial charge in [0.1, 0.15) is 12.1 Å². The molecule has 2 aromatic carbocycles. The van der Waals surface area contributed by atoms with Gasteiger partial charge in [-0.15, -0.1) is 0 Å². The molecule has 1 aliphatic rings. The number of hydrogen-bond donors (Lipinski definition) is 0. The molecule has 0 atom stereocenters. The minimum atomic E-state index is -2.26. The van der Waals surface area contributed by atoms with E-state index in [0.29, 0.717) is 23.3 Å². The van der Waals surface area contributed by atoms with Gasteiger partial charge in [-0.1, -0.05) is 30.3 Å². The summed E-state index contributed by atoms with van der Waals surface area (Å²) in [6.45, 7) is -1.63. The van der Waals surface area contributed by atoms with Gasteiger partial charge in [-0.3, -0.25) is 0 Å². The van der Waals surface area contributed by atoms with E-state index in [1.54, 1.807) is 0 Å². The van der Waals surface area contributed by atoms with Crippen molar-refractivity contribution in [3.05, 3.63) is 54.1 Å². The highest BCUT2D eigenvalue weighted by Crippen LogP contribution is 2.35. The molecule has 2 aromatic heterocycles. The molecule has 0 unspecified atom stereocenters. The van der Waals surface area contributed by atoms with Crippen LogP contribution >= 0.6 is 0 Å². The summed E-state index contributed by atoms with van der Waals surface area (Å²) < 4.78 is 33.4. The zero-order valence-electron chi connectivity index (χ0n) is 13.6. The number of benzene rings is 2. The van der Waals surface area contributed by atoms with E-state index >= 15 is 0 Å². The zero-order valence-corrected chi connectivity index (χ0v) is 10.6. The summed E-state index contributed by atoms with van der Waals surface area (Å²) in [5.41, 5.74) is 4.12. The standard InChI is InChI=1S/C17H13N2O/c1-18-14-9-5-4-8-13(14)15-16(18)19-10-11-6-2-3-7-12(11)17(19)20-15/h2-9H,10H2,1H3/q+1/i1D3. The lowest BCUT2D eigenvalue weighted by Gasteiger charge is -1.92. The van der Waals surface area contributed by atoms with E-state index in [1.807, 2.05) is 53.1 Å². The molecule has 0 aliphatic carbocycles. The van der Waals surface area contributed by atoms with Gasteiger partial charge in [0, 0.05) is 5.56 Å². The molecule has 0 N–H and O–H groups in total. The van der Waals surface area contributed by atoms with Gasteiger partial charge in [-0.05, 0) is 18.2 Å². The second-order valence-corrected chi connectivity index (χ2v) is 5.16. The first kappa shape index (κ1) is 7.90. The molecule has 0 radical (unpaired) electrons. The number of rotatable bonds is 0. The van der Waals surface area contributed by atoms with Gasteiger partial charge in [-0.25, -0.2) is 4.57 Å². The Morgan fingerprint density at radius 2 is 2.00 bits per heavy atom. The van der Waals surface area contributed by atoms with E-state index in [9.17, 15) is 0 Å². The predicted octanol–water partition coefficient (Wildman–Crippen LogP) is 3.24. The van der Waals surface area contributed by atoms with Crippen LogP contribution in [0.1, 0.15) is 9.68 Å². The first-order valence-electron chi connectivity index (χ1n) is 8.10. The topological polar surface area (TPSA) is 21.9 Å². The Morgan fingerprint density at radius 3 is 2.95 bits per heavy atom. The zero-order chi connectivity index (χ0) is 15.8. The number of hydrogen-bond acceptors (Lipinski definition) is 1. The molecule has 0 saturated heterocycles. The van der Waals surface area contributed by atoms with Crippen molar-refractivity contribution < 1.29 is 13.1 Å². The van der Waals surface area contributed by atoms with Gasteiger partial charge in [0.05, 0.1) is 22.0 Å². The van der Waals surface area contributed by atoms with Crippen LogP contribution in [0.3, 0.4) is 0 Å². The highest BCUT2D eigenvalue weighted by Gasteiger charge is 2.33. The van der Waals surface area contributed by atoms with Gasteiger partial charge in [0.25, 0.3) is 5.89 Å². The summed E-state index contributed by atoms with van der Waals surface area (Å²) in [4.78, 5) is 0. The summed E-state index contributed by atoms with van der Waals surface area (Å²) >= 11 is 0. The maximum Gasteiger partial charge on any atom is 0.329 e. The fourth-order valence-corrected chi connectivity index (χ4v) is 3.17. The van der Waals surface area contributed by atoms with Gasteiger partial charge in [-0.2, -0.15) is 4.57 Å². The largest absolute Gasteiger partial charge is 0.413 e. The van der Waals surface area contributed by atoms with Crippen LogP contribution in [0, 0.1) is 0 Å². The van der Waals surface area contributed by atoms with Crippen molar-refractivity contribution in [1.82, 2.24) is 4.57 Å². The molecule has 20 heavy (non-hydrogen) atoms. The van der Waals surface area contributed by atoms with E-state index in [1.165, 1.54) is 4.57 Å². The van der Waals surface area contributed by atoms with Gasteiger partial charge in [0.2, 0.25) is 5.58 Å². The van der Waals surface area contributed by atoms with Gasteiger partial charge >= 0.3 is 5.65 Å². The van der Waals surface area contributed by atoms with Crippen LogP contribution in [0.4, 0.5) is 0 Å². The molecule has 3 nitrogen and oxygen atoms in total. The average Bonchev–Trinajstić information content (AvgIpc) is 3.13. The van der Waals surface area contributed by atoms with Crippen LogP contribution < -0.4 is 4.57 Å². The van der Waals surface area contributed by atoms with Crippen molar-refractivity contribution in [2.24, 2.45) is 6.98 Å². The lowest BCUT2D eigenvalue weighted by atomic mass is 10.1. The van der Waals surface area contributed by atoms with Crippen molar-refractivity contribution in [2.75, 3.05) is 0 Å². The lowest BCUT2D eigenvalue weighted by Crippen LogP contribution is -2.32. The first-order chi connectivity index (χ1) is 11.1. The summed E-state index contributed by atoms with van der Waals surface area (Å²) in [6, 6.07) is 15.5. The highest BCUT2D eigenvalue weighted by atomic mass is 16.4. The number of fused-ring (bicyclic) bond motifs is 7. The van der Waals surface area contributed by atoms with Crippen molar-refractivity contribution in [2.45, 2.75) is 6.54 Å².